The van der Waals surface area contributed by atoms with E-state index in [2.05, 4.69) is 4.74 Å². The highest BCUT2D eigenvalue weighted by molar-refractivity contribution is 5.94. The van der Waals surface area contributed by atoms with Gasteiger partial charge in [-0.25, -0.2) is 0 Å². The molecular weight excluding hydrogens is 270 g/mol. The summed E-state index contributed by atoms with van der Waals surface area (Å²) in [5, 5.41) is 0. The Labute approximate surface area is 124 Å². The number of carbonyl (C=O) groups excluding carboxylic acids is 3. The Balaban J connectivity index is 2.66. The highest BCUT2D eigenvalue weighted by Crippen LogP contribution is 2.10. The normalized spacial score (nSPS) is 10.0. The lowest BCUT2D eigenvalue weighted by Gasteiger charge is -2.17. The molecule has 1 rings (SSSR count). The van der Waals surface area contributed by atoms with Crippen LogP contribution in [0.2, 0.25) is 0 Å². The molecule has 0 unspecified atom stereocenters. The van der Waals surface area contributed by atoms with Crippen molar-refractivity contribution in [1.29, 1.82) is 0 Å². The molecule has 114 valence electrons. The summed E-state index contributed by atoms with van der Waals surface area (Å²) in [7, 11) is 2.97. The molecular formula is C16H21NO4. The van der Waals surface area contributed by atoms with E-state index in [0.717, 1.165) is 5.56 Å². The molecule has 1 amide bonds. The zero-order valence-electron chi connectivity index (χ0n) is 12.7. The van der Waals surface area contributed by atoms with Crippen LogP contribution in [0.3, 0.4) is 0 Å². The molecule has 0 bridgehead atoms. The van der Waals surface area contributed by atoms with Crippen LogP contribution in [0.15, 0.2) is 24.3 Å². The molecule has 0 radical (unpaired) electrons. The summed E-state index contributed by atoms with van der Waals surface area (Å²) >= 11 is 0. The second-order valence-corrected chi connectivity index (χ2v) is 4.96. The smallest absolute Gasteiger partial charge is 0.307 e. The number of Topliss-reactive ketones (excluding diaryl/α,β-unsaturated/α-hetero) is 1. The largest absolute Gasteiger partial charge is 0.469 e. The molecule has 0 spiro atoms. The number of esters is 1. The quantitative estimate of drug-likeness (QED) is 0.719. The first-order chi connectivity index (χ1) is 9.93. The summed E-state index contributed by atoms with van der Waals surface area (Å²) in [6.07, 6.45) is 1.26. The van der Waals surface area contributed by atoms with E-state index in [1.54, 1.807) is 32.2 Å². The SMILES string of the molecule is COC(=O)CCN(C)C(=O)c1cccc(CCC(C)=O)c1. The molecule has 0 saturated carbocycles. The van der Waals surface area contributed by atoms with Crippen LogP contribution in [-0.4, -0.2) is 43.3 Å². The second-order valence-electron chi connectivity index (χ2n) is 4.96. The highest BCUT2D eigenvalue weighted by atomic mass is 16.5. The van der Waals surface area contributed by atoms with Crippen molar-refractivity contribution in [3.05, 3.63) is 35.4 Å². The molecule has 5 nitrogen and oxygen atoms in total. The Hall–Kier alpha value is -2.17. The van der Waals surface area contributed by atoms with Gasteiger partial charge in [-0.3, -0.25) is 9.59 Å². The van der Waals surface area contributed by atoms with E-state index in [4.69, 9.17) is 0 Å². The molecule has 0 aliphatic heterocycles. The maximum atomic E-state index is 12.2. The van der Waals surface area contributed by atoms with E-state index >= 15 is 0 Å². The van der Waals surface area contributed by atoms with Gasteiger partial charge in [0.15, 0.2) is 0 Å². The van der Waals surface area contributed by atoms with Crippen molar-refractivity contribution < 1.29 is 19.1 Å². The number of benzene rings is 1. The Morgan fingerprint density at radius 2 is 1.90 bits per heavy atom. The van der Waals surface area contributed by atoms with Crippen molar-refractivity contribution >= 4 is 17.7 Å². The number of methoxy groups -OCH3 is 1. The van der Waals surface area contributed by atoms with E-state index in [1.165, 1.54) is 12.0 Å². The third-order valence-electron chi connectivity index (χ3n) is 3.17. The third-order valence-corrected chi connectivity index (χ3v) is 3.17. The van der Waals surface area contributed by atoms with Gasteiger partial charge in [-0.2, -0.15) is 0 Å². The number of amides is 1. The molecule has 0 aromatic heterocycles. The number of ether oxygens (including phenoxy) is 1. The number of hydrogen-bond donors (Lipinski definition) is 0. The molecule has 0 fully saturated rings. The predicted octanol–water partition coefficient (Wildman–Crippen LogP) is 1.84. The summed E-state index contributed by atoms with van der Waals surface area (Å²) in [4.78, 5) is 35.8. The standard InChI is InChI=1S/C16H21NO4/c1-12(18)7-8-13-5-4-6-14(11-13)16(20)17(2)10-9-15(19)21-3/h4-6,11H,7-10H2,1-3H3. The predicted molar refractivity (Wildman–Crippen MR) is 79.0 cm³/mol. The number of nitrogens with zero attached hydrogens (tertiary/aromatic N) is 1. The van der Waals surface area contributed by atoms with E-state index < -0.39 is 0 Å². The monoisotopic (exact) mass is 291 g/mol. The molecule has 0 atom stereocenters. The van der Waals surface area contributed by atoms with Crippen LogP contribution in [0, 0.1) is 0 Å². The van der Waals surface area contributed by atoms with Gasteiger partial charge in [0.1, 0.15) is 5.78 Å². The third kappa shape index (κ3) is 5.77. The van der Waals surface area contributed by atoms with Gasteiger partial charge in [0.05, 0.1) is 13.5 Å². The Morgan fingerprint density at radius 1 is 1.19 bits per heavy atom. The second kappa shape index (κ2) is 8.19. The van der Waals surface area contributed by atoms with Crippen LogP contribution in [0.1, 0.15) is 35.7 Å². The van der Waals surface area contributed by atoms with Gasteiger partial charge in [0.2, 0.25) is 0 Å². The molecule has 0 N–H and O–H groups in total. The minimum Gasteiger partial charge on any atom is -0.469 e. The minimum atomic E-state index is -0.343. The van der Waals surface area contributed by atoms with Gasteiger partial charge in [0.25, 0.3) is 5.91 Å². The van der Waals surface area contributed by atoms with Crippen LogP contribution in [-0.2, 0) is 20.7 Å². The average molecular weight is 291 g/mol. The van der Waals surface area contributed by atoms with E-state index in [1.807, 2.05) is 6.07 Å². The molecule has 0 heterocycles. The topological polar surface area (TPSA) is 63.7 Å². The number of ketones is 1. The lowest BCUT2D eigenvalue weighted by atomic mass is 10.0. The Bertz CT molecular complexity index is 525. The maximum absolute atomic E-state index is 12.2. The van der Waals surface area contributed by atoms with Crippen LogP contribution in [0.5, 0.6) is 0 Å². The number of aryl methyl sites for hydroxylation is 1. The van der Waals surface area contributed by atoms with Gasteiger partial charge in [-0.1, -0.05) is 12.1 Å². The van der Waals surface area contributed by atoms with Crippen molar-refractivity contribution in [3.8, 4) is 0 Å². The van der Waals surface area contributed by atoms with E-state index in [9.17, 15) is 14.4 Å². The molecule has 0 aliphatic rings. The van der Waals surface area contributed by atoms with Crippen molar-refractivity contribution in [2.75, 3.05) is 20.7 Å². The fraction of sp³-hybridized carbons (Fsp3) is 0.438. The van der Waals surface area contributed by atoms with Crippen molar-refractivity contribution in [3.63, 3.8) is 0 Å². The molecule has 5 heteroatoms. The van der Waals surface area contributed by atoms with Gasteiger partial charge in [-0.05, 0) is 31.0 Å². The zero-order valence-corrected chi connectivity index (χ0v) is 12.7. The first-order valence-electron chi connectivity index (χ1n) is 6.84. The Kier molecular flexibility index (Phi) is 6.59. The summed E-state index contributed by atoms with van der Waals surface area (Å²) < 4.78 is 4.55. The molecule has 1 aromatic rings. The summed E-state index contributed by atoms with van der Waals surface area (Å²) in [5.41, 5.74) is 1.51. The summed E-state index contributed by atoms with van der Waals surface area (Å²) in [5.74, 6) is -0.365. The number of rotatable bonds is 7. The van der Waals surface area contributed by atoms with Crippen molar-refractivity contribution in [2.45, 2.75) is 26.2 Å². The van der Waals surface area contributed by atoms with Gasteiger partial charge in [-0.15, -0.1) is 0 Å². The van der Waals surface area contributed by atoms with Crippen molar-refractivity contribution in [1.82, 2.24) is 4.90 Å². The number of carbonyl (C=O) groups is 3. The lowest BCUT2D eigenvalue weighted by molar-refractivity contribution is -0.140. The van der Waals surface area contributed by atoms with Crippen LogP contribution < -0.4 is 0 Å². The molecule has 0 aliphatic carbocycles. The van der Waals surface area contributed by atoms with Crippen molar-refractivity contribution in [2.24, 2.45) is 0 Å². The fourth-order valence-corrected chi connectivity index (χ4v) is 1.86. The fourth-order valence-electron chi connectivity index (χ4n) is 1.86. The molecule has 0 saturated heterocycles. The summed E-state index contributed by atoms with van der Waals surface area (Å²) in [6.45, 7) is 1.86. The Morgan fingerprint density at radius 3 is 2.52 bits per heavy atom. The summed E-state index contributed by atoms with van der Waals surface area (Å²) in [6, 6.07) is 7.22. The molecule has 1 aromatic carbocycles. The minimum absolute atomic E-state index is 0.127. The first-order valence-corrected chi connectivity index (χ1v) is 6.84. The number of hydrogen-bond acceptors (Lipinski definition) is 4. The van der Waals surface area contributed by atoms with E-state index in [0.29, 0.717) is 24.9 Å². The average Bonchev–Trinajstić information content (AvgIpc) is 2.49. The van der Waals surface area contributed by atoms with Gasteiger partial charge in [0, 0.05) is 25.6 Å². The van der Waals surface area contributed by atoms with E-state index in [-0.39, 0.29) is 24.1 Å². The maximum Gasteiger partial charge on any atom is 0.307 e. The van der Waals surface area contributed by atoms with Crippen LogP contribution in [0.4, 0.5) is 0 Å². The lowest BCUT2D eigenvalue weighted by Crippen LogP contribution is -2.29. The van der Waals surface area contributed by atoms with Gasteiger partial charge >= 0.3 is 5.97 Å². The molecule has 21 heavy (non-hydrogen) atoms. The van der Waals surface area contributed by atoms with Crippen LogP contribution >= 0.6 is 0 Å². The highest BCUT2D eigenvalue weighted by Gasteiger charge is 2.13. The van der Waals surface area contributed by atoms with Gasteiger partial charge < -0.3 is 14.4 Å². The van der Waals surface area contributed by atoms with Crippen LogP contribution in [0.25, 0.3) is 0 Å². The zero-order chi connectivity index (χ0) is 15.8. The first kappa shape index (κ1) is 16.9.